The Bertz CT molecular complexity index is 1200. The smallest absolute Gasteiger partial charge is 0.354 e. The molecule has 11 heteroatoms. The number of benzene rings is 1. The molecule has 0 bridgehead atoms. The number of aromatic nitrogens is 3. The summed E-state index contributed by atoms with van der Waals surface area (Å²) in [6.45, 7) is 2.77. The molecule has 32 heavy (non-hydrogen) atoms. The zero-order valence-electron chi connectivity index (χ0n) is 17.0. The van der Waals surface area contributed by atoms with E-state index < -0.39 is 23.6 Å². The maximum atomic E-state index is 13.6. The molecule has 0 saturated carbocycles. The lowest BCUT2D eigenvalue weighted by atomic mass is 9.98. The minimum Gasteiger partial charge on any atom is -0.354 e. The fourth-order valence-corrected chi connectivity index (χ4v) is 4.35. The Hall–Kier alpha value is -3.37. The van der Waals surface area contributed by atoms with Crippen LogP contribution in [0.3, 0.4) is 0 Å². The molecule has 0 fully saturated rings. The highest BCUT2D eigenvalue weighted by Gasteiger charge is 2.36. The van der Waals surface area contributed by atoms with Crippen LogP contribution in [-0.2, 0) is 32.1 Å². The fourth-order valence-electron chi connectivity index (χ4n) is 4.35. The lowest BCUT2D eigenvalue weighted by molar-refractivity contribution is -0.139. The van der Waals surface area contributed by atoms with E-state index in [0.717, 1.165) is 41.4 Å². The number of urea groups is 1. The zero-order valence-corrected chi connectivity index (χ0v) is 17.0. The molecule has 0 spiro atoms. The average Bonchev–Trinajstić information content (AvgIpc) is 3.27. The summed E-state index contributed by atoms with van der Waals surface area (Å²) in [5.74, 6) is -0.753. The molecule has 0 unspecified atom stereocenters. The summed E-state index contributed by atoms with van der Waals surface area (Å²) in [4.78, 5) is 14.5. The van der Waals surface area contributed by atoms with Gasteiger partial charge in [-0.3, -0.25) is 4.68 Å². The Morgan fingerprint density at radius 1 is 1.31 bits per heavy atom. The Morgan fingerprint density at radius 3 is 2.91 bits per heavy atom. The topological polar surface area (TPSA) is 76.2 Å². The molecule has 168 valence electrons. The first-order valence-corrected chi connectivity index (χ1v) is 10.2. The molecule has 3 aromatic rings. The summed E-state index contributed by atoms with van der Waals surface area (Å²) in [7, 11) is 0. The van der Waals surface area contributed by atoms with E-state index in [1.165, 1.54) is 4.90 Å². The van der Waals surface area contributed by atoms with Crippen LogP contribution in [0.2, 0.25) is 0 Å². The molecule has 2 aliphatic heterocycles. The predicted octanol–water partition coefficient (Wildman–Crippen LogP) is 4.62. The second kappa shape index (κ2) is 7.35. The van der Waals surface area contributed by atoms with Gasteiger partial charge in [0.15, 0.2) is 5.76 Å². The average molecular weight is 449 g/mol. The van der Waals surface area contributed by atoms with Gasteiger partial charge in [-0.1, -0.05) is 5.16 Å². The number of rotatable bonds is 1. The van der Waals surface area contributed by atoms with Gasteiger partial charge in [-0.2, -0.15) is 18.3 Å². The van der Waals surface area contributed by atoms with Crippen molar-refractivity contribution in [2.24, 2.45) is 0 Å². The van der Waals surface area contributed by atoms with Gasteiger partial charge in [-0.25, -0.2) is 9.18 Å². The highest BCUT2D eigenvalue weighted by molar-refractivity contribution is 5.90. The molecule has 0 aliphatic carbocycles. The Labute approximate surface area is 180 Å². The van der Waals surface area contributed by atoms with Crippen molar-refractivity contribution in [1.29, 1.82) is 0 Å². The van der Waals surface area contributed by atoms with Gasteiger partial charge in [0.05, 0.1) is 24.0 Å². The van der Waals surface area contributed by atoms with Crippen LogP contribution in [-0.4, -0.2) is 31.9 Å². The number of nitrogens with zero attached hydrogens (tertiary/aromatic N) is 4. The number of hydrogen-bond acceptors (Lipinski definition) is 4. The van der Waals surface area contributed by atoms with Gasteiger partial charge in [-0.05, 0) is 38.0 Å². The van der Waals surface area contributed by atoms with Crippen LogP contribution in [0.5, 0.6) is 0 Å². The summed E-state index contributed by atoms with van der Waals surface area (Å²) in [6, 6.07) is 1.58. The molecule has 4 heterocycles. The van der Waals surface area contributed by atoms with E-state index in [0.29, 0.717) is 30.9 Å². The number of fused-ring (bicyclic) bond motifs is 5. The van der Waals surface area contributed by atoms with Crippen LogP contribution in [0.1, 0.15) is 35.7 Å². The van der Waals surface area contributed by atoms with Crippen molar-refractivity contribution in [3.05, 3.63) is 52.6 Å². The van der Waals surface area contributed by atoms with Crippen molar-refractivity contribution >= 4 is 11.7 Å². The first-order chi connectivity index (χ1) is 15.2. The van der Waals surface area contributed by atoms with Crippen molar-refractivity contribution in [3.63, 3.8) is 0 Å². The molecular weight excluding hydrogens is 430 g/mol. The van der Waals surface area contributed by atoms with Gasteiger partial charge in [0.1, 0.15) is 11.5 Å². The highest BCUT2D eigenvalue weighted by Crippen LogP contribution is 2.37. The summed E-state index contributed by atoms with van der Waals surface area (Å²) in [5, 5.41) is 11.1. The number of anilines is 1. The van der Waals surface area contributed by atoms with Gasteiger partial charge in [0.25, 0.3) is 0 Å². The van der Waals surface area contributed by atoms with Crippen molar-refractivity contribution in [2.45, 2.75) is 51.5 Å². The standard InChI is InChI=1S/C21H19F4N5O2/c1-11-7-17-14(18-19-12(9-26-32-19)3-2-6-30(18)28-17)10-29(11)20(31)27-13-4-5-16(22)15(8-13)21(23,24)25/h4-5,8-9,11H,2-3,6-7,10H2,1H3,(H,27,31)/t11-/m1/s1. The molecule has 1 atom stereocenters. The molecule has 0 saturated heterocycles. The fraction of sp³-hybridized carbons (Fsp3) is 0.381. The minimum atomic E-state index is -4.86. The Balaban J connectivity index is 1.44. The van der Waals surface area contributed by atoms with Gasteiger partial charge in [0, 0.05) is 35.8 Å². The first kappa shape index (κ1) is 20.5. The number of carbonyl (C=O) groups excluding carboxylic acids is 1. The summed E-state index contributed by atoms with van der Waals surface area (Å²) < 4.78 is 60.0. The van der Waals surface area contributed by atoms with Gasteiger partial charge in [0.2, 0.25) is 0 Å². The number of halogens is 4. The summed E-state index contributed by atoms with van der Waals surface area (Å²) in [5.41, 5.74) is 1.91. The van der Waals surface area contributed by atoms with Crippen molar-refractivity contribution in [3.8, 4) is 11.5 Å². The van der Waals surface area contributed by atoms with E-state index in [1.807, 2.05) is 11.6 Å². The van der Waals surface area contributed by atoms with Gasteiger partial charge < -0.3 is 14.7 Å². The normalized spacial score (nSPS) is 17.9. The van der Waals surface area contributed by atoms with Crippen LogP contribution in [0.25, 0.3) is 11.5 Å². The largest absolute Gasteiger partial charge is 0.419 e. The van der Waals surface area contributed by atoms with E-state index in [1.54, 1.807) is 6.20 Å². The summed E-state index contributed by atoms with van der Waals surface area (Å²) in [6.07, 6.45) is -0.990. The van der Waals surface area contributed by atoms with Gasteiger partial charge in [-0.15, -0.1) is 0 Å². The van der Waals surface area contributed by atoms with E-state index in [2.05, 4.69) is 10.5 Å². The molecule has 2 amide bonds. The zero-order chi connectivity index (χ0) is 22.6. The van der Waals surface area contributed by atoms with E-state index in [9.17, 15) is 22.4 Å². The third kappa shape index (κ3) is 3.41. The molecule has 7 nitrogen and oxygen atoms in total. The Morgan fingerprint density at radius 2 is 2.12 bits per heavy atom. The Kier molecular flexibility index (Phi) is 4.72. The van der Waals surface area contributed by atoms with E-state index >= 15 is 0 Å². The van der Waals surface area contributed by atoms with Crippen LogP contribution in [0, 0.1) is 5.82 Å². The first-order valence-electron chi connectivity index (χ1n) is 10.2. The van der Waals surface area contributed by atoms with Crippen molar-refractivity contribution in [2.75, 3.05) is 5.32 Å². The quantitative estimate of drug-likeness (QED) is 0.550. The van der Waals surface area contributed by atoms with Gasteiger partial charge >= 0.3 is 12.2 Å². The number of nitrogens with one attached hydrogen (secondary N) is 1. The lowest BCUT2D eigenvalue weighted by Crippen LogP contribution is -2.44. The number of alkyl halides is 3. The van der Waals surface area contributed by atoms with Crippen LogP contribution in [0.4, 0.5) is 28.0 Å². The highest BCUT2D eigenvalue weighted by atomic mass is 19.4. The van der Waals surface area contributed by atoms with E-state index in [4.69, 9.17) is 9.62 Å². The lowest BCUT2D eigenvalue weighted by Gasteiger charge is -2.33. The monoisotopic (exact) mass is 449 g/mol. The number of amides is 2. The number of carbonyl (C=O) groups is 1. The SMILES string of the molecule is C[C@@H]1Cc2nn3c(c2CN1C(=O)Nc1ccc(F)c(C(F)(F)F)c1)-c1oncc1CCC3. The third-order valence-corrected chi connectivity index (χ3v) is 5.94. The molecule has 1 N–H and O–H groups in total. The predicted molar refractivity (Wildman–Crippen MR) is 105 cm³/mol. The van der Waals surface area contributed by atoms with E-state index in [-0.39, 0.29) is 18.3 Å². The minimum absolute atomic E-state index is 0.131. The molecule has 0 radical (unpaired) electrons. The molecule has 1 aromatic carbocycles. The third-order valence-electron chi connectivity index (χ3n) is 5.94. The molecule has 2 aliphatic rings. The number of aryl methyl sites for hydroxylation is 2. The second-order valence-corrected chi connectivity index (χ2v) is 8.08. The van der Waals surface area contributed by atoms with Crippen LogP contribution < -0.4 is 5.32 Å². The molecular formula is C21H19F4N5O2. The molecule has 5 rings (SSSR count). The second-order valence-electron chi connectivity index (χ2n) is 8.08. The van der Waals surface area contributed by atoms with Crippen LogP contribution in [0.15, 0.2) is 28.9 Å². The van der Waals surface area contributed by atoms with Crippen LogP contribution >= 0.6 is 0 Å². The molecule has 2 aromatic heterocycles. The maximum absolute atomic E-state index is 13.6. The number of hydrogen-bond donors (Lipinski definition) is 1. The van der Waals surface area contributed by atoms with Crippen molar-refractivity contribution in [1.82, 2.24) is 19.8 Å². The maximum Gasteiger partial charge on any atom is 0.419 e. The summed E-state index contributed by atoms with van der Waals surface area (Å²) >= 11 is 0. The van der Waals surface area contributed by atoms with Crippen molar-refractivity contribution < 1.29 is 26.9 Å².